The number of carboxylic acids is 1. The average molecular weight is 564 g/mol. The Morgan fingerprint density at radius 1 is 0.927 bits per heavy atom. The molecular weight excluding hydrogens is 538 g/mol. The van der Waals surface area contributed by atoms with Crippen LogP contribution in [0.5, 0.6) is 28.7 Å². The van der Waals surface area contributed by atoms with Gasteiger partial charge >= 0.3 is 5.97 Å². The Kier molecular flexibility index (Phi) is 6.38. The predicted molar refractivity (Wildman–Crippen MR) is 141 cm³/mol. The number of aliphatic carboxylic acids is 1. The lowest BCUT2D eigenvalue weighted by molar-refractivity contribution is -0.138. The molecule has 1 unspecified atom stereocenters. The van der Waals surface area contributed by atoms with E-state index in [1.54, 1.807) is 0 Å². The van der Waals surface area contributed by atoms with Gasteiger partial charge in [-0.2, -0.15) is 0 Å². The summed E-state index contributed by atoms with van der Waals surface area (Å²) >= 11 is 0. The van der Waals surface area contributed by atoms with Crippen molar-refractivity contribution in [2.75, 3.05) is 14.2 Å². The topological polar surface area (TPSA) is 200 Å². The summed E-state index contributed by atoms with van der Waals surface area (Å²) < 4.78 is 10.7. The van der Waals surface area contributed by atoms with E-state index in [0.717, 1.165) is 6.07 Å². The second-order valence-electron chi connectivity index (χ2n) is 9.85. The molecule has 12 nitrogen and oxygen atoms in total. The molecule has 0 spiro atoms. The molecule has 3 aromatic rings. The van der Waals surface area contributed by atoms with Crippen LogP contribution in [0.25, 0.3) is 11.1 Å². The lowest BCUT2D eigenvalue weighted by atomic mass is 9.74. The molecule has 0 aliphatic heterocycles. The van der Waals surface area contributed by atoms with Crippen molar-refractivity contribution in [3.8, 4) is 39.9 Å². The van der Waals surface area contributed by atoms with E-state index in [9.17, 15) is 44.7 Å². The minimum atomic E-state index is -1.31. The van der Waals surface area contributed by atoms with E-state index in [-0.39, 0.29) is 68.0 Å². The number of amides is 1. The minimum Gasteiger partial charge on any atom is -0.507 e. The van der Waals surface area contributed by atoms with Gasteiger partial charge in [0.25, 0.3) is 5.91 Å². The van der Waals surface area contributed by atoms with Gasteiger partial charge in [-0.05, 0) is 31.0 Å². The second-order valence-corrected chi connectivity index (χ2v) is 9.85. The minimum absolute atomic E-state index is 0.0748. The van der Waals surface area contributed by atoms with Crippen molar-refractivity contribution >= 4 is 23.4 Å². The van der Waals surface area contributed by atoms with E-state index in [1.807, 2.05) is 0 Å². The third-order valence-corrected chi connectivity index (χ3v) is 7.46. The van der Waals surface area contributed by atoms with Crippen molar-refractivity contribution in [2.45, 2.75) is 32.4 Å². The molecule has 0 heterocycles. The van der Waals surface area contributed by atoms with Gasteiger partial charge in [-0.15, -0.1) is 0 Å². The number of hydrogen-bond acceptors (Lipinski definition) is 10. The SMILES string of the molecule is COc1cc(O)c2c(c1)C(=O)c1c(O)c3c(c(OC)c1C2=O)CC(O)c1cc(C)c(C(=O)N[C@H](C)C(=O)O)c(O)c1-3. The molecular formula is C29H25NO11. The molecule has 0 aromatic heterocycles. The van der Waals surface area contributed by atoms with E-state index in [2.05, 4.69) is 5.32 Å². The number of rotatable bonds is 5. The van der Waals surface area contributed by atoms with Gasteiger partial charge in [0.2, 0.25) is 5.78 Å². The third kappa shape index (κ3) is 3.86. The molecule has 5 rings (SSSR count). The maximum Gasteiger partial charge on any atom is 0.325 e. The van der Waals surface area contributed by atoms with Gasteiger partial charge in [0.1, 0.15) is 34.8 Å². The van der Waals surface area contributed by atoms with Crippen molar-refractivity contribution in [3.05, 3.63) is 62.7 Å². The fraction of sp³-hybridized carbons (Fsp3) is 0.241. The van der Waals surface area contributed by atoms with Gasteiger partial charge in [-0.25, -0.2) is 0 Å². The molecule has 0 bridgehead atoms. The van der Waals surface area contributed by atoms with Gasteiger partial charge in [0.05, 0.1) is 42.6 Å². The van der Waals surface area contributed by atoms with Gasteiger partial charge in [-0.1, -0.05) is 6.07 Å². The number of ketones is 2. The number of hydrogen-bond donors (Lipinski definition) is 6. The van der Waals surface area contributed by atoms with Crippen molar-refractivity contribution in [1.29, 1.82) is 0 Å². The Labute approximate surface area is 232 Å². The Morgan fingerprint density at radius 2 is 1.61 bits per heavy atom. The van der Waals surface area contributed by atoms with E-state index in [1.165, 1.54) is 40.2 Å². The van der Waals surface area contributed by atoms with Crippen LogP contribution < -0.4 is 14.8 Å². The summed E-state index contributed by atoms with van der Waals surface area (Å²) in [5, 5.41) is 56.1. The fourth-order valence-corrected chi connectivity index (χ4v) is 5.56. The van der Waals surface area contributed by atoms with Crippen molar-refractivity contribution in [1.82, 2.24) is 5.32 Å². The second kappa shape index (κ2) is 9.52. The Morgan fingerprint density at radius 3 is 2.22 bits per heavy atom. The van der Waals surface area contributed by atoms with Gasteiger partial charge in [0.15, 0.2) is 5.78 Å². The van der Waals surface area contributed by atoms with Gasteiger partial charge in [-0.3, -0.25) is 19.2 Å². The van der Waals surface area contributed by atoms with E-state index in [4.69, 9.17) is 9.47 Å². The van der Waals surface area contributed by atoms with Gasteiger partial charge < -0.3 is 40.3 Å². The molecule has 1 amide bonds. The van der Waals surface area contributed by atoms with Crippen LogP contribution in [0.3, 0.4) is 0 Å². The van der Waals surface area contributed by atoms with Crippen molar-refractivity contribution < 1.29 is 54.2 Å². The number of aliphatic hydroxyl groups excluding tert-OH is 1. The normalized spacial score (nSPS) is 15.7. The summed E-state index contributed by atoms with van der Waals surface area (Å²) in [4.78, 5) is 51.8. The largest absolute Gasteiger partial charge is 0.507 e. The van der Waals surface area contributed by atoms with Crippen LogP contribution in [0, 0.1) is 6.92 Å². The third-order valence-electron chi connectivity index (χ3n) is 7.46. The molecule has 41 heavy (non-hydrogen) atoms. The molecule has 3 aromatic carbocycles. The number of nitrogens with one attached hydrogen (secondary N) is 1. The number of fused-ring (bicyclic) bond motifs is 5. The fourth-order valence-electron chi connectivity index (χ4n) is 5.56. The zero-order valence-electron chi connectivity index (χ0n) is 22.3. The standard InChI is InChI=1S/C29H25NO11/c1-9-5-12-15(31)8-14-20(19(12)24(34)17(9)28(37)30-10(2)29(38)39)26(36)21-22(27(14)41-4)25(35)18-13(23(21)33)6-11(40-3)7-16(18)32/h5-7,10,15,31-32,34,36H,8H2,1-4H3,(H,30,37)(H,38,39)/t10-,15?/m1/s1. The zero-order chi connectivity index (χ0) is 30.1. The summed E-state index contributed by atoms with van der Waals surface area (Å²) in [5.74, 6) is -5.88. The number of ether oxygens (including phenoxy) is 2. The molecule has 2 aliphatic carbocycles. The quantitative estimate of drug-likeness (QED) is 0.208. The van der Waals surface area contributed by atoms with Crippen LogP contribution in [-0.4, -0.2) is 69.2 Å². The van der Waals surface area contributed by atoms with E-state index in [0.29, 0.717) is 0 Å². The number of aromatic hydroxyl groups is 3. The van der Waals surface area contributed by atoms with E-state index < -0.39 is 58.4 Å². The highest BCUT2D eigenvalue weighted by Gasteiger charge is 2.43. The molecule has 0 radical (unpaired) electrons. The number of benzene rings is 3. The Balaban J connectivity index is 1.83. The van der Waals surface area contributed by atoms with Crippen LogP contribution in [-0.2, 0) is 11.2 Å². The lowest BCUT2D eigenvalue weighted by Crippen LogP contribution is -2.38. The number of phenols is 3. The van der Waals surface area contributed by atoms with Crippen LogP contribution in [0.15, 0.2) is 18.2 Å². The monoisotopic (exact) mass is 563 g/mol. The highest BCUT2D eigenvalue weighted by atomic mass is 16.5. The molecule has 2 atom stereocenters. The highest BCUT2D eigenvalue weighted by Crippen LogP contribution is 2.56. The van der Waals surface area contributed by atoms with Crippen LogP contribution in [0.4, 0.5) is 0 Å². The summed E-state index contributed by atoms with van der Waals surface area (Å²) in [6.07, 6.45) is -1.49. The van der Waals surface area contributed by atoms with Crippen molar-refractivity contribution in [2.24, 2.45) is 0 Å². The Hall–Kier alpha value is -5.10. The summed E-state index contributed by atoms with van der Waals surface area (Å²) in [6.45, 7) is 2.72. The number of carbonyl (C=O) groups excluding carboxylic acids is 3. The molecule has 0 saturated heterocycles. The Bertz CT molecular complexity index is 1720. The van der Waals surface area contributed by atoms with Crippen LogP contribution in [0.2, 0.25) is 0 Å². The summed E-state index contributed by atoms with van der Waals surface area (Å²) in [6, 6.07) is 2.53. The zero-order valence-corrected chi connectivity index (χ0v) is 22.3. The first-order valence-corrected chi connectivity index (χ1v) is 12.4. The molecule has 12 heteroatoms. The summed E-state index contributed by atoms with van der Waals surface area (Å²) in [5.41, 5.74) is -1.57. The van der Waals surface area contributed by atoms with Gasteiger partial charge in [0, 0.05) is 34.7 Å². The number of carbonyl (C=O) groups is 4. The first kappa shape index (κ1) is 27.5. The molecule has 2 aliphatic rings. The molecule has 0 fully saturated rings. The smallest absolute Gasteiger partial charge is 0.325 e. The maximum absolute atomic E-state index is 13.8. The number of methoxy groups -OCH3 is 2. The summed E-state index contributed by atoms with van der Waals surface area (Å²) in [7, 11) is 2.52. The maximum atomic E-state index is 13.8. The van der Waals surface area contributed by atoms with Crippen molar-refractivity contribution in [3.63, 3.8) is 0 Å². The molecule has 6 N–H and O–H groups in total. The van der Waals surface area contributed by atoms with Crippen LogP contribution >= 0.6 is 0 Å². The lowest BCUT2D eigenvalue weighted by Gasteiger charge is -2.32. The number of aryl methyl sites for hydroxylation is 1. The molecule has 212 valence electrons. The van der Waals surface area contributed by atoms with Crippen LogP contribution in [0.1, 0.15) is 71.9 Å². The number of aliphatic hydroxyl groups is 1. The number of phenolic OH excluding ortho intramolecular Hbond substituents is 3. The highest BCUT2D eigenvalue weighted by molar-refractivity contribution is 6.32. The average Bonchev–Trinajstić information content (AvgIpc) is 2.91. The number of carboxylic acid groups (broad SMARTS) is 1. The first-order valence-electron chi connectivity index (χ1n) is 12.4. The first-order chi connectivity index (χ1) is 19.3. The predicted octanol–water partition coefficient (Wildman–Crippen LogP) is 2.36. The van der Waals surface area contributed by atoms with E-state index >= 15 is 0 Å². The molecule has 0 saturated carbocycles.